The molecular formula is C19H22ClN3O3S. The normalized spacial score (nSPS) is 14.3. The van der Waals surface area contributed by atoms with Gasteiger partial charge >= 0.3 is 0 Å². The van der Waals surface area contributed by atoms with Crippen molar-refractivity contribution in [3.8, 4) is 11.5 Å². The molecule has 3 heterocycles. The number of thiophene rings is 1. The summed E-state index contributed by atoms with van der Waals surface area (Å²) in [4.78, 5) is 19.7. The average Bonchev–Trinajstić information content (AvgIpc) is 3.04. The lowest BCUT2D eigenvalue weighted by atomic mass is 10.1. The average molecular weight is 408 g/mol. The van der Waals surface area contributed by atoms with Crippen LogP contribution in [-0.2, 0) is 19.5 Å². The van der Waals surface area contributed by atoms with E-state index in [9.17, 15) is 4.79 Å². The molecule has 1 aliphatic heterocycles. The predicted octanol–water partition coefficient (Wildman–Crippen LogP) is 2.96. The largest absolute Gasteiger partial charge is 0.497 e. The third-order valence-electron chi connectivity index (χ3n) is 4.82. The molecule has 0 unspecified atom stereocenters. The quantitative estimate of drug-likeness (QED) is 0.665. The van der Waals surface area contributed by atoms with E-state index in [4.69, 9.17) is 14.5 Å². The molecule has 2 aromatic heterocycles. The van der Waals surface area contributed by atoms with Gasteiger partial charge in [-0.05, 0) is 29.6 Å². The standard InChI is InChI=1S/C19H21N3O3S.ClH/c1-24-14-3-4-16(25-2)13(11-14)12-21-7-5-17-20-15-6-10-26-18(15)19(23)22(17)9-8-21;/h3-4,6,10-11H,5,7-9,12H2,1-2H3;1H. The highest BCUT2D eigenvalue weighted by Crippen LogP contribution is 2.26. The molecule has 0 radical (unpaired) electrons. The minimum atomic E-state index is 0. The minimum absolute atomic E-state index is 0. The SMILES string of the molecule is COc1ccc(OC)c(CN2CCc3nc4ccsc4c(=O)n3CC2)c1.Cl. The first-order chi connectivity index (χ1) is 12.7. The first-order valence-corrected chi connectivity index (χ1v) is 9.47. The van der Waals surface area contributed by atoms with E-state index < -0.39 is 0 Å². The van der Waals surface area contributed by atoms with E-state index in [2.05, 4.69) is 4.90 Å². The molecule has 0 spiro atoms. The summed E-state index contributed by atoms with van der Waals surface area (Å²) in [5.74, 6) is 2.54. The Morgan fingerprint density at radius 1 is 1.15 bits per heavy atom. The highest BCUT2D eigenvalue weighted by Gasteiger charge is 2.19. The van der Waals surface area contributed by atoms with E-state index in [1.54, 1.807) is 14.2 Å². The van der Waals surface area contributed by atoms with Crippen LogP contribution in [0, 0.1) is 0 Å². The van der Waals surface area contributed by atoms with Gasteiger partial charge in [-0.3, -0.25) is 14.3 Å². The Morgan fingerprint density at radius 3 is 2.78 bits per heavy atom. The van der Waals surface area contributed by atoms with Gasteiger partial charge in [0.15, 0.2) is 0 Å². The van der Waals surface area contributed by atoms with Crippen LogP contribution in [0.25, 0.3) is 10.2 Å². The van der Waals surface area contributed by atoms with Gasteiger partial charge in [-0.25, -0.2) is 4.98 Å². The van der Waals surface area contributed by atoms with Gasteiger partial charge in [-0.15, -0.1) is 23.7 Å². The van der Waals surface area contributed by atoms with Crippen molar-refractivity contribution in [2.24, 2.45) is 0 Å². The fraction of sp³-hybridized carbons (Fsp3) is 0.368. The van der Waals surface area contributed by atoms with Crippen LogP contribution in [0.5, 0.6) is 11.5 Å². The van der Waals surface area contributed by atoms with Crippen LogP contribution in [0.15, 0.2) is 34.4 Å². The van der Waals surface area contributed by atoms with E-state index in [1.165, 1.54) is 11.3 Å². The highest BCUT2D eigenvalue weighted by molar-refractivity contribution is 7.17. The maximum atomic E-state index is 12.7. The summed E-state index contributed by atoms with van der Waals surface area (Å²) in [6, 6.07) is 7.76. The second kappa shape index (κ2) is 8.29. The topological polar surface area (TPSA) is 56.6 Å². The van der Waals surface area contributed by atoms with Crippen molar-refractivity contribution in [2.45, 2.75) is 19.5 Å². The van der Waals surface area contributed by atoms with Crippen molar-refractivity contribution in [1.82, 2.24) is 14.5 Å². The smallest absolute Gasteiger partial charge is 0.271 e. The van der Waals surface area contributed by atoms with Gasteiger partial charge in [-0.2, -0.15) is 0 Å². The van der Waals surface area contributed by atoms with Gasteiger partial charge in [0, 0.05) is 38.2 Å². The van der Waals surface area contributed by atoms with Crippen LogP contribution >= 0.6 is 23.7 Å². The predicted molar refractivity (Wildman–Crippen MR) is 110 cm³/mol. The van der Waals surface area contributed by atoms with Gasteiger partial charge in [0.2, 0.25) is 0 Å². The van der Waals surface area contributed by atoms with Gasteiger partial charge in [0.25, 0.3) is 5.56 Å². The Labute approximate surface area is 167 Å². The van der Waals surface area contributed by atoms with Crippen molar-refractivity contribution in [1.29, 1.82) is 0 Å². The number of hydrogen-bond donors (Lipinski definition) is 0. The van der Waals surface area contributed by atoms with Crippen molar-refractivity contribution < 1.29 is 9.47 Å². The number of nitrogens with zero attached hydrogens (tertiary/aromatic N) is 3. The molecule has 27 heavy (non-hydrogen) atoms. The second-order valence-corrected chi connectivity index (χ2v) is 7.24. The number of benzene rings is 1. The summed E-state index contributed by atoms with van der Waals surface area (Å²) in [6.45, 7) is 3.05. The van der Waals surface area contributed by atoms with Crippen molar-refractivity contribution in [3.63, 3.8) is 0 Å². The van der Waals surface area contributed by atoms with E-state index in [-0.39, 0.29) is 18.0 Å². The molecule has 144 valence electrons. The Hall–Kier alpha value is -2.09. The summed E-state index contributed by atoms with van der Waals surface area (Å²) >= 11 is 1.47. The minimum Gasteiger partial charge on any atom is -0.497 e. The van der Waals surface area contributed by atoms with E-state index >= 15 is 0 Å². The Morgan fingerprint density at radius 2 is 2.00 bits per heavy atom. The Balaban J connectivity index is 0.00000210. The molecule has 0 aliphatic carbocycles. The van der Waals surface area contributed by atoms with Crippen LogP contribution in [-0.4, -0.2) is 41.8 Å². The fourth-order valence-corrected chi connectivity index (χ4v) is 4.21. The maximum absolute atomic E-state index is 12.7. The molecule has 1 aliphatic rings. The fourth-order valence-electron chi connectivity index (χ4n) is 3.43. The van der Waals surface area contributed by atoms with Crippen LogP contribution < -0.4 is 15.0 Å². The molecule has 1 aromatic carbocycles. The number of ether oxygens (including phenoxy) is 2. The molecule has 0 N–H and O–H groups in total. The summed E-state index contributed by atoms with van der Waals surface area (Å²) in [7, 11) is 3.34. The van der Waals surface area contributed by atoms with E-state index in [0.717, 1.165) is 59.2 Å². The lowest BCUT2D eigenvalue weighted by molar-refractivity contribution is 0.266. The van der Waals surface area contributed by atoms with Gasteiger partial charge in [0.05, 0.1) is 19.7 Å². The van der Waals surface area contributed by atoms with Crippen LogP contribution in [0.2, 0.25) is 0 Å². The summed E-state index contributed by atoms with van der Waals surface area (Å²) in [6.07, 6.45) is 0.757. The molecule has 0 amide bonds. The third kappa shape index (κ3) is 3.81. The summed E-state index contributed by atoms with van der Waals surface area (Å²) in [5, 5.41) is 1.93. The summed E-state index contributed by atoms with van der Waals surface area (Å²) in [5.41, 5.74) is 1.98. The number of methoxy groups -OCH3 is 2. The number of rotatable bonds is 4. The Bertz CT molecular complexity index is 1000. The molecule has 4 rings (SSSR count). The number of aromatic nitrogens is 2. The number of hydrogen-bond acceptors (Lipinski definition) is 6. The lowest BCUT2D eigenvalue weighted by Gasteiger charge is -2.21. The Kier molecular flexibility index (Phi) is 6.04. The number of fused-ring (bicyclic) bond motifs is 2. The second-order valence-electron chi connectivity index (χ2n) is 6.32. The summed E-state index contributed by atoms with van der Waals surface area (Å²) < 4.78 is 13.4. The first-order valence-electron chi connectivity index (χ1n) is 8.60. The zero-order valence-electron chi connectivity index (χ0n) is 15.3. The molecule has 0 bridgehead atoms. The zero-order chi connectivity index (χ0) is 18.1. The van der Waals surface area contributed by atoms with Crippen molar-refractivity contribution in [2.75, 3.05) is 27.3 Å². The molecule has 6 nitrogen and oxygen atoms in total. The van der Waals surface area contributed by atoms with Crippen LogP contribution in [0.3, 0.4) is 0 Å². The van der Waals surface area contributed by atoms with Crippen molar-refractivity contribution >= 4 is 34.0 Å². The van der Waals surface area contributed by atoms with Gasteiger partial charge < -0.3 is 9.47 Å². The van der Waals surface area contributed by atoms with Crippen LogP contribution in [0.1, 0.15) is 11.4 Å². The van der Waals surface area contributed by atoms with E-state index in [0.29, 0.717) is 6.54 Å². The van der Waals surface area contributed by atoms with E-state index in [1.807, 2.05) is 34.2 Å². The third-order valence-corrected chi connectivity index (χ3v) is 5.71. The maximum Gasteiger partial charge on any atom is 0.271 e. The monoisotopic (exact) mass is 407 g/mol. The molecule has 0 fully saturated rings. The number of halogens is 1. The van der Waals surface area contributed by atoms with Gasteiger partial charge in [0.1, 0.15) is 22.0 Å². The molecule has 0 atom stereocenters. The molecule has 0 saturated heterocycles. The highest BCUT2D eigenvalue weighted by atomic mass is 35.5. The molecular weight excluding hydrogens is 386 g/mol. The first kappa shape index (κ1) is 19.7. The van der Waals surface area contributed by atoms with Crippen LogP contribution in [0.4, 0.5) is 0 Å². The molecule has 0 saturated carbocycles. The molecule has 3 aromatic rings. The van der Waals surface area contributed by atoms with Gasteiger partial charge in [-0.1, -0.05) is 0 Å². The lowest BCUT2D eigenvalue weighted by Crippen LogP contribution is -2.28. The zero-order valence-corrected chi connectivity index (χ0v) is 16.9. The molecule has 8 heteroatoms. The van der Waals surface area contributed by atoms with Crippen molar-refractivity contribution in [3.05, 3.63) is 51.4 Å².